The highest BCUT2D eigenvalue weighted by Crippen LogP contribution is 2.45. The Balaban J connectivity index is 1.56. The number of hydrogen-bond donors (Lipinski definition) is 1. The van der Waals surface area contributed by atoms with E-state index in [1.54, 1.807) is 4.90 Å². The van der Waals surface area contributed by atoms with Crippen LogP contribution in [0.25, 0.3) is 0 Å². The first kappa shape index (κ1) is 22.2. The van der Waals surface area contributed by atoms with Crippen molar-refractivity contribution in [1.82, 2.24) is 4.90 Å². The Morgan fingerprint density at radius 3 is 2.47 bits per heavy atom. The number of likely N-dealkylation sites (N-methyl/N-ethyl adjacent to an activating group) is 1. The summed E-state index contributed by atoms with van der Waals surface area (Å²) in [7, 11) is 1.83. The molecule has 0 bridgehead atoms. The third-order valence-corrected chi connectivity index (χ3v) is 6.44. The second-order valence-corrected chi connectivity index (χ2v) is 8.81. The molecule has 0 fully saturated rings. The van der Waals surface area contributed by atoms with Crippen LogP contribution in [0.5, 0.6) is 5.75 Å². The molecule has 34 heavy (non-hydrogen) atoms. The fourth-order valence-corrected chi connectivity index (χ4v) is 4.73. The first-order chi connectivity index (χ1) is 16.6. The van der Waals surface area contributed by atoms with Gasteiger partial charge in [0.2, 0.25) is 5.90 Å². The molecule has 5 rings (SSSR count). The predicted molar refractivity (Wildman–Crippen MR) is 130 cm³/mol. The number of aliphatic hydroxyl groups is 1. The summed E-state index contributed by atoms with van der Waals surface area (Å²) >= 11 is 0. The Morgan fingerprint density at radius 1 is 1.03 bits per heavy atom. The van der Waals surface area contributed by atoms with E-state index in [-0.39, 0.29) is 12.5 Å². The maximum Gasteiger partial charge on any atom is 0.255 e. The van der Waals surface area contributed by atoms with E-state index in [2.05, 4.69) is 12.1 Å². The van der Waals surface area contributed by atoms with Gasteiger partial charge in [-0.15, -0.1) is 0 Å². The summed E-state index contributed by atoms with van der Waals surface area (Å²) in [5, 5.41) is 8.95. The smallest absolute Gasteiger partial charge is 0.255 e. The lowest BCUT2D eigenvalue weighted by Crippen LogP contribution is -2.48. The Labute approximate surface area is 199 Å². The Hall–Kier alpha value is -3.64. The summed E-state index contributed by atoms with van der Waals surface area (Å²) in [4.78, 5) is 20.7. The minimum atomic E-state index is -1.09. The molecule has 2 aliphatic rings. The molecule has 0 unspecified atom stereocenters. The van der Waals surface area contributed by atoms with Gasteiger partial charge in [-0.1, -0.05) is 54.6 Å². The molecule has 2 aliphatic heterocycles. The number of amides is 1. The molecule has 3 aromatic carbocycles. The van der Waals surface area contributed by atoms with Gasteiger partial charge < -0.3 is 19.5 Å². The number of aliphatic hydroxyl groups excluding tert-OH is 1. The van der Waals surface area contributed by atoms with Gasteiger partial charge in [-0.2, -0.15) is 0 Å². The molecule has 0 aliphatic carbocycles. The highest BCUT2D eigenvalue weighted by Gasteiger charge is 2.55. The molecule has 6 nitrogen and oxygen atoms in total. The lowest BCUT2D eigenvalue weighted by molar-refractivity contribution is -0.138. The van der Waals surface area contributed by atoms with Gasteiger partial charge in [0.1, 0.15) is 5.75 Å². The molecule has 0 radical (unpaired) electrons. The number of carbonyl (C=O) groups is 1. The molecule has 6 heteroatoms. The van der Waals surface area contributed by atoms with E-state index in [9.17, 15) is 4.79 Å². The summed E-state index contributed by atoms with van der Waals surface area (Å²) in [5.41, 5.74) is 2.87. The maximum atomic E-state index is 13.9. The standard InChI is InChI=1S/C28H28N2O4/c1-30-19-23-11-6-5-10-22(23)18-28(27(30)32)25(20-8-3-2-4-9-20)34-26(29-28)21-12-14-24(15-13-21)33-17-7-16-31/h2-6,8-15,25,31H,7,16-19H2,1H3/t25-,28-/m0/s1. The fourth-order valence-electron chi connectivity index (χ4n) is 4.73. The van der Waals surface area contributed by atoms with E-state index in [0.717, 1.165) is 22.3 Å². The normalized spacial score (nSPS) is 21.6. The quantitative estimate of drug-likeness (QED) is 0.571. The van der Waals surface area contributed by atoms with E-state index in [1.807, 2.05) is 73.8 Å². The van der Waals surface area contributed by atoms with Crippen molar-refractivity contribution in [3.8, 4) is 5.75 Å². The molecule has 0 aromatic heterocycles. The van der Waals surface area contributed by atoms with Gasteiger partial charge in [-0.05, 0) is 41.0 Å². The van der Waals surface area contributed by atoms with Crippen molar-refractivity contribution < 1.29 is 19.4 Å². The Morgan fingerprint density at radius 2 is 1.74 bits per heavy atom. The molecule has 2 heterocycles. The molecule has 1 N–H and O–H groups in total. The number of aliphatic imine (C=N–C) groups is 1. The van der Waals surface area contributed by atoms with E-state index in [0.29, 0.717) is 37.6 Å². The minimum Gasteiger partial charge on any atom is -0.494 e. The van der Waals surface area contributed by atoms with Gasteiger partial charge in [0.25, 0.3) is 5.91 Å². The topological polar surface area (TPSA) is 71.4 Å². The summed E-state index contributed by atoms with van der Waals surface area (Å²) in [6.07, 6.45) is 0.513. The molecule has 0 saturated heterocycles. The number of rotatable bonds is 6. The summed E-state index contributed by atoms with van der Waals surface area (Å²) < 4.78 is 12.1. The maximum absolute atomic E-state index is 13.9. The molecular weight excluding hydrogens is 428 g/mol. The van der Waals surface area contributed by atoms with E-state index < -0.39 is 11.6 Å². The van der Waals surface area contributed by atoms with Crippen LogP contribution < -0.4 is 4.74 Å². The van der Waals surface area contributed by atoms with Crippen LogP contribution in [0.2, 0.25) is 0 Å². The zero-order chi connectivity index (χ0) is 23.5. The number of ether oxygens (including phenoxy) is 2. The summed E-state index contributed by atoms with van der Waals surface area (Å²) in [6.45, 7) is 1.09. The van der Waals surface area contributed by atoms with Gasteiger partial charge in [0.05, 0.1) is 6.61 Å². The zero-order valence-electron chi connectivity index (χ0n) is 19.2. The van der Waals surface area contributed by atoms with Crippen molar-refractivity contribution >= 4 is 11.8 Å². The monoisotopic (exact) mass is 456 g/mol. The zero-order valence-corrected chi connectivity index (χ0v) is 19.2. The average Bonchev–Trinajstić information content (AvgIpc) is 3.21. The van der Waals surface area contributed by atoms with Crippen LogP contribution in [0, 0.1) is 0 Å². The van der Waals surface area contributed by atoms with Crippen LogP contribution in [0.3, 0.4) is 0 Å². The predicted octanol–water partition coefficient (Wildman–Crippen LogP) is 3.92. The second-order valence-electron chi connectivity index (χ2n) is 8.81. The van der Waals surface area contributed by atoms with Gasteiger partial charge >= 0.3 is 0 Å². The Bertz CT molecular complexity index is 1190. The van der Waals surface area contributed by atoms with Gasteiger partial charge in [0.15, 0.2) is 11.6 Å². The highest BCUT2D eigenvalue weighted by atomic mass is 16.5. The number of hydrogen-bond acceptors (Lipinski definition) is 5. The minimum absolute atomic E-state index is 0.0449. The molecule has 2 atom stereocenters. The third kappa shape index (κ3) is 4.05. The number of benzene rings is 3. The Kier molecular flexibility index (Phi) is 6.07. The van der Waals surface area contributed by atoms with E-state index >= 15 is 0 Å². The first-order valence-electron chi connectivity index (χ1n) is 11.6. The number of fused-ring (bicyclic) bond motifs is 1. The molecule has 174 valence electrons. The first-order valence-corrected chi connectivity index (χ1v) is 11.6. The molecule has 0 saturated carbocycles. The van der Waals surface area contributed by atoms with Crippen LogP contribution >= 0.6 is 0 Å². The number of carbonyl (C=O) groups excluding carboxylic acids is 1. The van der Waals surface area contributed by atoms with Gasteiger partial charge in [-0.3, -0.25) is 4.79 Å². The molecule has 1 amide bonds. The lowest BCUT2D eigenvalue weighted by Gasteiger charge is -2.31. The van der Waals surface area contributed by atoms with Crippen LogP contribution in [0.15, 0.2) is 83.9 Å². The molecule has 1 spiro atoms. The summed E-state index contributed by atoms with van der Waals surface area (Å²) in [5.74, 6) is 1.12. The van der Waals surface area contributed by atoms with Crippen molar-refractivity contribution in [2.24, 2.45) is 4.99 Å². The van der Waals surface area contributed by atoms with Crippen LogP contribution in [0.4, 0.5) is 0 Å². The van der Waals surface area contributed by atoms with Crippen LogP contribution in [-0.4, -0.2) is 47.6 Å². The fraction of sp³-hybridized carbons (Fsp3) is 0.286. The van der Waals surface area contributed by atoms with E-state index in [1.165, 1.54) is 0 Å². The summed E-state index contributed by atoms with van der Waals surface area (Å²) in [6, 6.07) is 25.5. The van der Waals surface area contributed by atoms with Crippen LogP contribution in [-0.2, 0) is 22.5 Å². The second kappa shape index (κ2) is 9.31. The van der Waals surface area contributed by atoms with Gasteiger partial charge in [-0.25, -0.2) is 4.99 Å². The van der Waals surface area contributed by atoms with Crippen molar-refractivity contribution in [2.45, 2.75) is 31.0 Å². The van der Waals surface area contributed by atoms with Crippen molar-refractivity contribution in [3.05, 3.63) is 101 Å². The van der Waals surface area contributed by atoms with Crippen molar-refractivity contribution in [2.75, 3.05) is 20.3 Å². The van der Waals surface area contributed by atoms with Crippen molar-refractivity contribution in [1.29, 1.82) is 0 Å². The SMILES string of the molecule is CN1Cc2ccccc2C[C@@]2(N=C(c3ccc(OCCCO)cc3)O[C@H]2c2ccccc2)C1=O. The lowest BCUT2D eigenvalue weighted by atomic mass is 9.82. The largest absolute Gasteiger partial charge is 0.494 e. The van der Waals surface area contributed by atoms with Crippen LogP contribution in [0.1, 0.15) is 34.8 Å². The third-order valence-electron chi connectivity index (χ3n) is 6.44. The molecular formula is C28H28N2O4. The van der Waals surface area contributed by atoms with Gasteiger partial charge in [0, 0.05) is 38.6 Å². The van der Waals surface area contributed by atoms with Crippen molar-refractivity contribution in [3.63, 3.8) is 0 Å². The number of nitrogens with zero attached hydrogens (tertiary/aromatic N) is 2. The average molecular weight is 457 g/mol. The van der Waals surface area contributed by atoms with E-state index in [4.69, 9.17) is 19.6 Å². The highest BCUT2D eigenvalue weighted by molar-refractivity contribution is 6.01. The molecule has 3 aromatic rings.